The summed E-state index contributed by atoms with van der Waals surface area (Å²) in [7, 11) is 0. The van der Waals surface area contributed by atoms with Gasteiger partial charge in [-0.3, -0.25) is 9.59 Å². The molecular weight excluding hydrogens is 276 g/mol. The predicted octanol–water partition coefficient (Wildman–Crippen LogP) is 2.43. The zero-order chi connectivity index (χ0) is 15.9. The van der Waals surface area contributed by atoms with Gasteiger partial charge in [0.15, 0.2) is 0 Å². The van der Waals surface area contributed by atoms with Gasteiger partial charge >= 0.3 is 0 Å². The van der Waals surface area contributed by atoms with E-state index in [1.165, 1.54) is 6.08 Å². The molecule has 0 saturated carbocycles. The minimum atomic E-state index is -0.839. The molecule has 0 bridgehead atoms. The number of benzene rings is 2. The van der Waals surface area contributed by atoms with Gasteiger partial charge < -0.3 is 11.1 Å². The summed E-state index contributed by atoms with van der Waals surface area (Å²) in [6.07, 6.45) is 1.47. The zero-order valence-electron chi connectivity index (χ0n) is 12.3. The number of rotatable bonds is 5. The lowest BCUT2D eigenvalue weighted by Gasteiger charge is -2.15. The van der Waals surface area contributed by atoms with Gasteiger partial charge in [-0.25, -0.2) is 0 Å². The van der Waals surface area contributed by atoms with Crippen LogP contribution < -0.4 is 11.1 Å². The minimum absolute atomic E-state index is 0.353. The van der Waals surface area contributed by atoms with Crippen molar-refractivity contribution < 1.29 is 9.59 Å². The molecule has 0 radical (unpaired) electrons. The Hall–Kier alpha value is -2.88. The van der Waals surface area contributed by atoms with Crippen molar-refractivity contribution in [3.05, 3.63) is 77.9 Å². The van der Waals surface area contributed by atoms with Gasteiger partial charge in [0.2, 0.25) is 11.8 Å². The Morgan fingerprint density at radius 3 is 2.09 bits per heavy atom. The Bertz CT molecular complexity index is 679. The van der Waals surface area contributed by atoms with Gasteiger partial charge in [-0.15, -0.1) is 0 Å². The van der Waals surface area contributed by atoms with Crippen LogP contribution in [0, 0.1) is 0 Å². The van der Waals surface area contributed by atoms with E-state index < -0.39 is 11.9 Å². The average Bonchev–Trinajstić information content (AvgIpc) is 2.54. The van der Waals surface area contributed by atoms with Crippen molar-refractivity contribution >= 4 is 17.4 Å². The summed E-state index contributed by atoms with van der Waals surface area (Å²) >= 11 is 0. The highest BCUT2D eigenvalue weighted by Crippen LogP contribution is 2.14. The fraction of sp³-hybridized carbons (Fsp3) is 0.111. The Kier molecular flexibility index (Phi) is 5.09. The van der Waals surface area contributed by atoms with Crippen LogP contribution in [0.1, 0.15) is 24.1 Å². The van der Waals surface area contributed by atoms with Crippen LogP contribution in [0.25, 0.3) is 5.57 Å². The van der Waals surface area contributed by atoms with Crippen molar-refractivity contribution in [3.8, 4) is 0 Å². The number of carbonyl (C=O) groups excluding carboxylic acids is 2. The molecule has 0 spiro atoms. The second-order valence-electron chi connectivity index (χ2n) is 4.95. The first-order chi connectivity index (χ1) is 10.6. The molecule has 2 aromatic rings. The van der Waals surface area contributed by atoms with Gasteiger partial charge in [0.05, 0.1) is 0 Å². The van der Waals surface area contributed by atoms with Crippen LogP contribution >= 0.6 is 0 Å². The number of hydrogen-bond donors (Lipinski definition) is 2. The quantitative estimate of drug-likeness (QED) is 0.831. The van der Waals surface area contributed by atoms with Crippen molar-refractivity contribution in [3.63, 3.8) is 0 Å². The van der Waals surface area contributed by atoms with Gasteiger partial charge in [0, 0.05) is 6.08 Å². The molecule has 0 aliphatic carbocycles. The maximum absolute atomic E-state index is 12.1. The molecule has 2 amide bonds. The van der Waals surface area contributed by atoms with E-state index in [0.29, 0.717) is 5.56 Å². The highest BCUT2D eigenvalue weighted by atomic mass is 16.2. The van der Waals surface area contributed by atoms with Gasteiger partial charge in [-0.05, 0) is 23.6 Å². The smallest absolute Gasteiger partial charge is 0.245 e. The largest absolute Gasteiger partial charge is 0.368 e. The fourth-order valence-electron chi connectivity index (χ4n) is 2.13. The van der Waals surface area contributed by atoms with Gasteiger partial charge in [0.1, 0.15) is 6.04 Å². The molecule has 4 nitrogen and oxygen atoms in total. The molecule has 22 heavy (non-hydrogen) atoms. The van der Waals surface area contributed by atoms with Crippen LogP contribution in [0.3, 0.4) is 0 Å². The van der Waals surface area contributed by atoms with Gasteiger partial charge in [-0.1, -0.05) is 60.7 Å². The Morgan fingerprint density at radius 1 is 1.00 bits per heavy atom. The monoisotopic (exact) mass is 294 g/mol. The second kappa shape index (κ2) is 7.22. The maximum atomic E-state index is 12.1. The third kappa shape index (κ3) is 4.06. The van der Waals surface area contributed by atoms with Crippen molar-refractivity contribution in [1.82, 2.24) is 5.32 Å². The first-order valence-electron chi connectivity index (χ1n) is 6.96. The lowest BCUT2D eigenvalue weighted by Crippen LogP contribution is -2.36. The molecular formula is C18H18N2O2. The number of carbonyl (C=O) groups is 2. The second-order valence-corrected chi connectivity index (χ2v) is 4.95. The summed E-state index contributed by atoms with van der Waals surface area (Å²) in [5, 5.41) is 2.64. The lowest BCUT2D eigenvalue weighted by molar-refractivity contribution is -0.125. The lowest BCUT2D eigenvalue weighted by atomic mass is 10.1. The van der Waals surface area contributed by atoms with E-state index in [9.17, 15) is 9.59 Å². The normalized spacial score (nSPS) is 12.5. The van der Waals surface area contributed by atoms with Crippen LogP contribution in [0.15, 0.2) is 66.7 Å². The van der Waals surface area contributed by atoms with Crippen molar-refractivity contribution in [2.24, 2.45) is 5.73 Å². The fourth-order valence-corrected chi connectivity index (χ4v) is 2.13. The molecule has 0 aliphatic rings. The van der Waals surface area contributed by atoms with E-state index in [0.717, 1.165) is 11.1 Å². The highest BCUT2D eigenvalue weighted by Gasteiger charge is 2.19. The predicted molar refractivity (Wildman–Crippen MR) is 86.6 cm³/mol. The first-order valence-corrected chi connectivity index (χ1v) is 6.96. The number of primary amides is 1. The summed E-state index contributed by atoms with van der Waals surface area (Å²) in [5.74, 6) is -0.945. The summed E-state index contributed by atoms with van der Waals surface area (Å²) in [6.45, 7) is 1.84. The van der Waals surface area contributed by atoms with E-state index in [-0.39, 0.29) is 5.91 Å². The third-order valence-electron chi connectivity index (χ3n) is 3.28. The molecule has 0 aromatic heterocycles. The van der Waals surface area contributed by atoms with Crippen LogP contribution in [-0.4, -0.2) is 11.8 Å². The summed E-state index contributed by atoms with van der Waals surface area (Å²) in [4.78, 5) is 23.7. The first kappa shape index (κ1) is 15.5. The molecule has 4 heteroatoms. The highest BCUT2D eigenvalue weighted by molar-refractivity contribution is 5.97. The van der Waals surface area contributed by atoms with Crippen LogP contribution in [0.4, 0.5) is 0 Å². The van der Waals surface area contributed by atoms with E-state index in [1.54, 1.807) is 24.3 Å². The van der Waals surface area contributed by atoms with Crippen LogP contribution in [0.2, 0.25) is 0 Å². The topological polar surface area (TPSA) is 72.2 Å². The van der Waals surface area contributed by atoms with Crippen molar-refractivity contribution in [2.75, 3.05) is 0 Å². The number of amides is 2. The number of nitrogens with two attached hydrogens (primary N) is 1. The van der Waals surface area contributed by atoms with E-state index >= 15 is 0 Å². The molecule has 2 rings (SSSR count). The summed E-state index contributed by atoms with van der Waals surface area (Å²) in [5.41, 5.74) is 7.81. The molecule has 112 valence electrons. The third-order valence-corrected chi connectivity index (χ3v) is 3.28. The van der Waals surface area contributed by atoms with E-state index in [2.05, 4.69) is 5.32 Å². The van der Waals surface area contributed by atoms with Gasteiger partial charge in [0.25, 0.3) is 0 Å². The summed E-state index contributed by atoms with van der Waals surface area (Å²) in [6, 6.07) is 17.6. The van der Waals surface area contributed by atoms with Crippen molar-refractivity contribution in [2.45, 2.75) is 13.0 Å². The standard InChI is InChI=1S/C18H18N2O2/c1-13(14-8-4-2-5-9-14)12-16(21)20-17(18(19)22)15-10-6-3-7-11-15/h2-12,17H,1H3,(H2,19,22)(H,20,21)/b13-12+. The molecule has 0 heterocycles. The SMILES string of the molecule is C/C(=C\C(=O)NC(C(N)=O)c1ccccc1)c1ccccc1. The molecule has 2 aromatic carbocycles. The zero-order valence-corrected chi connectivity index (χ0v) is 12.3. The van der Waals surface area contributed by atoms with Gasteiger partial charge in [-0.2, -0.15) is 0 Å². The van der Waals surface area contributed by atoms with Crippen LogP contribution in [0.5, 0.6) is 0 Å². The Labute approximate surface area is 129 Å². The van der Waals surface area contributed by atoms with E-state index in [4.69, 9.17) is 5.73 Å². The average molecular weight is 294 g/mol. The van der Waals surface area contributed by atoms with Crippen LogP contribution in [-0.2, 0) is 9.59 Å². The van der Waals surface area contributed by atoms with Crippen molar-refractivity contribution in [1.29, 1.82) is 0 Å². The number of allylic oxidation sites excluding steroid dienone is 1. The minimum Gasteiger partial charge on any atom is -0.368 e. The molecule has 3 N–H and O–H groups in total. The molecule has 1 atom stereocenters. The Morgan fingerprint density at radius 2 is 1.55 bits per heavy atom. The molecule has 0 aliphatic heterocycles. The molecule has 0 saturated heterocycles. The maximum Gasteiger partial charge on any atom is 0.245 e. The van der Waals surface area contributed by atoms with E-state index in [1.807, 2.05) is 43.3 Å². The molecule has 1 unspecified atom stereocenters. The number of nitrogens with one attached hydrogen (secondary N) is 1. The summed E-state index contributed by atoms with van der Waals surface area (Å²) < 4.78 is 0. The Balaban J connectivity index is 2.14. The number of hydrogen-bond acceptors (Lipinski definition) is 2. The molecule has 0 fully saturated rings.